The Bertz CT molecular complexity index is 1120. The second kappa shape index (κ2) is 10.9. The first kappa shape index (κ1) is 23.5. The molecule has 0 saturated carbocycles. The number of likely N-dealkylation sites (N-methyl/N-ethyl adjacent to an activating group) is 1. The molecular formula is C24H27N3O4S. The number of sulfonamides is 1. The molecule has 7 nitrogen and oxygen atoms in total. The number of carbonyl (C=O) groups excluding carboxylic acids is 1. The zero-order valence-corrected chi connectivity index (χ0v) is 18.9. The van der Waals surface area contributed by atoms with Gasteiger partial charge in [-0.2, -0.15) is 0 Å². The Kier molecular flexibility index (Phi) is 7.99. The minimum absolute atomic E-state index is 0.0618. The van der Waals surface area contributed by atoms with Gasteiger partial charge in [0, 0.05) is 12.6 Å². The van der Waals surface area contributed by atoms with Crippen LogP contribution in [0.25, 0.3) is 6.08 Å². The minimum atomic E-state index is -3.66. The van der Waals surface area contributed by atoms with E-state index in [1.165, 1.54) is 24.5 Å². The number of rotatable bonds is 10. The summed E-state index contributed by atoms with van der Waals surface area (Å²) >= 11 is 0. The fraction of sp³-hybridized carbons (Fsp3) is 0.208. The minimum Gasteiger partial charge on any atom is -0.468 e. The molecule has 0 aliphatic heterocycles. The maximum atomic E-state index is 12.4. The maximum Gasteiger partial charge on any atom is 0.244 e. The molecule has 0 bridgehead atoms. The molecule has 1 aromatic heterocycles. The van der Waals surface area contributed by atoms with E-state index in [9.17, 15) is 13.2 Å². The molecule has 0 aliphatic rings. The topological polar surface area (TPSA) is 91.7 Å². The van der Waals surface area contributed by atoms with Gasteiger partial charge in [-0.1, -0.05) is 42.5 Å². The Hall–Kier alpha value is -3.20. The highest BCUT2D eigenvalue weighted by Crippen LogP contribution is 2.17. The Morgan fingerprint density at radius 1 is 1.03 bits per heavy atom. The molecule has 0 aliphatic carbocycles. The number of hydrogen-bond acceptors (Lipinski definition) is 5. The molecule has 3 aromatic rings. The summed E-state index contributed by atoms with van der Waals surface area (Å²) in [6, 6.07) is 19.7. The van der Waals surface area contributed by atoms with Gasteiger partial charge in [0.2, 0.25) is 15.9 Å². The zero-order valence-electron chi connectivity index (χ0n) is 18.1. The third kappa shape index (κ3) is 6.65. The number of furan rings is 1. The Balaban J connectivity index is 1.55. The van der Waals surface area contributed by atoms with Crippen molar-refractivity contribution >= 4 is 22.0 Å². The van der Waals surface area contributed by atoms with Gasteiger partial charge in [-0.3, -0.25) is 4.79 Å². The Morgan fingerprint density at radius 2 is 1.75 bits per heavy atom. The van der Waals surface area contributed by atoms with Crippen LogP contribution in [-0.4, -0.2) is 39.9 Å². The van der Waals surface area contributed by atoms with Crippen LogP contribution < -0.4 is 10.0 Å². The number of benzene rings is 2. The van der Waals surface area contributed by atoms with Crippen molar-refractivity contribution < 1.29 is 17.6 Å². The highest BCUT2D eigenvalue weighted by Gasteiger charge is 2.15. The van der Waals surface area contributed by atoms with Gasteiger partial charge in [0.1, 0.15) is 5.76 Å². The Morgan fingerprint density at radius 3 is 2.38 bits per heavy atom. The number of carbonyl (C=O) groups is 1. The van der Waals surface area contributed by atoms with Crippen LogP contribution >= 0.6 is 0 Å². The van der Waals surface area contributed by atoms with Gasteiger partial charge in [-0.05, 0) is 55.6 Å². The van der Waals surface area contributed by atoms with Crippen molar-refractivity contribution in [2.45, 2.75) is 17.5 Å². The van der Waals surface area contributed by atoms with Crippen molar-refractivity contribution in [1.82, 2.24) is 14.9 Å². The average molecular weight is 454 g/mol. The van der Waals surface area contributed by atoms with Crippen molar-refractivity contribution in [1.29, 1.82) is 0 Å². The van der Waals surface area contributed by atoms with Crippen LogP contribution in [0, 0.1) is 0 Å². The molecule has 0 radical (unpaired) electrons. The molecule has 0 saturated heterocycles. The van der Waals surface area contributed by atoms with E-state index in [2.05, 4.69) is 14.9 Å². The van der Waals surface area contributed by atoms with Crippen molar-refractivity contribution in [3.05, 3.63) is 96.0 Å². The molecule has 0 unspecified atom stereocenters. The zero-order chi connectivity index (χ0) is 23.0. The first-order valence-corrected chi connectivity index (χ1v) is 11.6. The summed E-state index contributed by atoms with van der Waals surface area (Å²) in [6.07, 6.45) is 4.58. The predicted octanol–water partition coefficient (Wildman–Crippen LogP) is 3.19. The van der Waals surface area contributed by atoms with E-state index < -0.39 is 10.0 Å². The second-order valence-electron chi connectivity index (χ2n) is 7.44. The fourth-order valence-electron chi connectivity index (χ4n) is 3.12. The van der Waals surface area contributed by atoms with Crippen molar-refractivity contribution in [2.75, 3.05) is 20.6 Å². The summed E-state index contributed by atoms with van der Waals surface area (Å²) in [5.41, 5.74) is 1.84. The molecule has 2 N–H and O–H groups in total. The van der Waals surface area contributed by atoms with Crippen molar-refractivity contribution in [3.63, 3.8) is 0 Å². The number of amides is 1. The van der Waals surface area contributed by atoms with Gasteiger partial charge in [0.05, 0.1) is 23.7 Å². The molecular weight excluding hydrogens is 426 g/mol. The molecule has 32 heavy (non-hydrogen) atoms. The van der Waals surface area contributed by atoms with E-state index in [1.54, 1.807) is 30.3 Å². The van der Waals surface area contributed by atoms with Crippen LogP contribution in [0.3, 0.4) is 0 Å². The largest absolute Gasteiger partial charge is 0.468 e. The number of hydrogen-bond donors (Lipinski definition) is 2. The first-order chi connectivity index (χ1) is 15.3. The summed E-state index contributed by atoms with van der Waals surface area (Å²) in [6.45, 7) is 0.548. The highest BCUT2D eigenvalue weighted by atomic mass is 32.2. The molecule has 3 rings (SSSR count). The average Bonchev–Trinajstić information content (AvgIpc) is 3.31. The quantitative estimate of drug-likeness (QED) is 0.460. The predicted molar refractivity (Wildman–Crippen MR) is 124 cm³/mol. The molecule has 0 spiro atoms. The standard InChI is InChI=1S/C24H27N3O4S/c1-27(2)23(20-7-4-3-5-8-20)18-25-24(28)15-12-19-10-13-22(14-11-19)32(29,30)26-17-21-9-6-16-31-21/h3-16,23,26H,17-18H2,1-2H3,(H,25,28)/b15-12+/t23-/m1/s1. The van der Waals surface area contributed by atoms with Crippen LogP contribution in [0.15, 0.2) is 88.4 Å². The van der Waals surface area contributed by atoms with Gasteiger partial charge in [-0.25, -0.2) is 13.1 Å². The number of nitrogens with zero attached hydrogens (tertiary/aromatic N) is 1. The normalized spacial score (nSPS) is 12.8. The molecule has 168 valence electrons. The third-order valence-corrected chi connectivity index (χ3v) is 6.33. The lowest BCUT2D eigenvalue weighted by Crippen LogP contribution is -2.33. The first-order valence-electron chi connectivity index (χ1n) is 10.1. The summed E-state index contributed by atoms with van der Waals surface area (Å²) < 4.78 is 32.4. The summed E-state index contributed by atoms with van der Waals surface area (Å²) in [5.74, 6) is 0.313. The Labute approximate surface area is 188 Å². The highest BCUT2D eigenvalue weighted by molar-refractivity contribution is 7.89. The van der Waals surface area contributed by atoms with E-state index in [4.69, 9.17) is 4.42 Å². The van der Waals surface area contributed by atoms with Crippen LogP contribution in [0.1, 0.15) is 22.9 Å². The van der Waals surface area contributed by atoms with Crippen molar-refractivity contribution in [3.8, 4) is 0 Å². The molecule has 8 heteroatoms. The summed E-state index contributed by atoms with van der Waals surface area (Å²) in [5, 5.41) is 2.92. The molecule has 2 aromatic carbocycles. The lowest BCUT2D eigenvalue weighted by Gasteiger charge is -2.24. The van der Waals surface area contributed by atoms with Crippen LogP contribution in [0.2, 0.25) is 0 Å². The van der Waals surface area contributed by atoms with E-state index in [0.29, 0.717) is 12.3 Å². The van der Waals surface area contributed by atoms with E-state index in [-0.39, 0.29) is 23.4 Å². The monoisotopic (exact) mass is 453 g/mol. The van der Waals surface area contributed by atoms with Gasteiger partial charge in [-0.15, -0.1) is 0 Å². The molecule has 1 atom stereocenters. The molecule has 0 fully saturated rings. The lowest BCUT2D eigenvalue weighted by atomic mass is 10.1. The van der Waals surface area contributed by atoms with Gasteiger partial charge < -0.3 is 14.6 Å². The smallest absolute Gasteiger partial charge is 0.244 e. The van der Waals surface area contributed by atoms with Crippen LogP contribution in [0.5, 0.6) is 0 Å². The van der Waals surface area contributed by atoms with E-state index >= 15 is 0 Å². The second-order valence-corrected chi connectivity index (χ2v) is 9.21. The van der Waals surface area contributed by atoms with Crippen molar-refractivity contribution in [2.24, 2.45) is 0 Å². The maximum absolute atomic E-state index is 12.4. The summed E-state index contributed by atoms with van der Waals surface area (Å²) in [4.78, 5) is 14.5. The molecule has 1 amide bonds. The van der Waals surface area contributed by atoms with E-state index in [0.717, 1.165) is 11.1 Å². The summed E-state index contributed by atoms with van der Waals surface area (Å²) in [7, 11) is 0.287. The number of nitrogens with one attached hydrogen (secondary N) is 2. The van der Waals surface area contributed by atoms with Crippen LogP contribution in [0.4, 0.5) is 0 Å². The lowest BCUT2D eigenvalue weighted by molar-refractivity contribution is -0.116. The molecule has 1 heterocycles. The van der Waals surface area contributed by atoms with Gasteiger partial charge in [0.25, 0.3) is 0 Å². The van der Waals surface area contributed by atoms with Gasteiger partial charge in [0.15, 0.2) is 0 Å². The third-order valence-electron chi connectivity index (χ3n) is 4.91. The van der Waals surface area contributed by atoms with Crippen LogP contribution in [-0.2, 0) is 21.4 Å². The fourth-order valence-corrected chi connectivity index (χ4v) is 4.12. The van der Waals surface area contributed by atoms with Gasteiger partial charge >= 0.3 is 0 Å². The van der Waals surface area contributed by atoms with E-state index in [1.807, 2.05) is 44.4 Å². The SMILES string of the molecule is CN(C)[C@H](CNC(=O)/C=C/c1ccc(S(=O)(=O)NCc2ccco2)cc1)c1ccccc1.